The van der Waals surface area contributed by atoms with Gasteiger partial charge in [-0.1, -0.05) is 177 Å². The molecule has 2 aliphatic rings. The van der Waals surface area contributed by atoms with E-state index in [2.05, 4.69) is 172 Å². The maximum Gasteiger partial charge on any atom is 0.0722 e. The Kier molecular flexibility index (Phi) is 7.80. The van der Waals surface area contributed by atoms with Crippen molar-refractivity contribution in [1.82, 2.24) is 0 Å². The van der Waals surface area contributed by atoms with Crippen molar-refractivity contribution in [3.05, 3.63) is 129 Å². The van der Waals surface area contributed by atoms with Gasteiger partial charge in [0.1, 0.15) is 0 Å². The average molecular weight is 609 g/mol. The third-order valence-electron chi connectivity index (χ3n) is 10.7. The fourth-order valence-electron chi connectivity index (χ4n) is 8.27. The molecule has 0 spiro atoms. The van der Waals surface area contributed by atoms with E-state index in [4.69, 9.17) is 0 Å². The third-order valence-corrected chi connectivity index (χ3v) is 15.0. The van der Waals surface area contributed by atoms with Gasteiger partial charge in [0.05, 0.1) is 8.07 Å². The van der Waals surface area contributed by atoms with Crippen molar-refractivity contribution in [3.63, 3.8) is 0 Å². The third kappa shape index (κ3) is 5.52. The molecule has 2 aliphatic carbocycles. The molecule has 0 fully saturated rings. The van der Waals surface area contributed by atoms with Crippen LogP contribution in [0.25, 0.3) is 34.4 Å². The first kappa shape index (κ1) is 31.6. The number of hydrogen-bond acceptors (Lipinski definition) is 0. The van der Waals surface area contributed by atoms with E-state index in [-0.39, 0.29) is 10.8 Å². The van der Waals surface area contributed by atoms with Crippen LogP contribution in [0.3, 0.4) is 0 Å². The van der Waals surface area contributed by atoms with Crippen LogP contribution < -0.4 is 0 Å². The van der Waals surface area contributed by atoms with Crippen molar-refractivity contribution < 1.29 is 0 Å². The highest BCUT2D eigenvalue weighted by Gasteiger charge is 2.48. The molecule has 232 valence electrons. The summed E-state index contributed by atoms with van der Waals surface area (Å²) < 4.78 is 0. The van der Waals surface area contributed by atoms with Crippen molar-refractivity contribution >= 4 is 20.2 Å². The molecule has 0 saturated carbocycles. The fourth-order valence-corrected chi connectivity index (χ4v) is 13.2. The van der Waals surface area contributed by atoms with Gasteiger partial charge in [0.15, 0.2) is 0 Å². The monoisotopic (exact) mass is 608 g/mol. The Morgan fingerprint density at radius 2 is 0.978 bits per heavy atom. The zero-order valence-corrected chi connectivity index (χ0v) is 30.5. The molecule has 0 nitrogen and oxygen atoms in total. The molecule has 4 aromatic carbocycles. The summed E-state index contributed by atoms with van der Waals surface area (Å²) in [6.45, 7) is 26.3. The highest BCUT2D eigenvalue weighted by Crippen LogP contribution is 2.55. The molecule has 4 aromatic rings. The molecule has 2 atom stereocenters. The summed E-state index contributed by atoms with van der Waals surface area (Å²) in [7, 11) is -1.98. The van der Waals surface area contributed by atoms with Gasteiger partial charge in [-0.05, 0) is 79.3 Å². The summed E-state index contributed by atoms with van der Waals surface area (Å²) in [5.74, 6) is 0.503. The lowest BCUT2D eigenvalue weighted by atomic mass is 9.86. The van der Waals surface area contributed by atoms with Crippen LogP contribution in [0.5, 0.6) is 0 Å². The van der Waals surface area contributed by atoms with Crippen LogP contribution in [0.1, 0.15) is 107 Å². The zero-order valence-electron chi connectivity index (χ0n) is 29.5. The smallest absolute Gasteiger partial charge is 0.0679 e. The highest BCUT2D eigenvalue weighted by molar-refractivity contribution is 6.81. The van der Waals surface area contributed by atoms with Crippen molar-refractivity contribution in [2.45, 2.75) is 97.3 Å². The van der Waals surface area contributed by atoms with Gasteiger partial charge in [-0.15, -0.1) is 0 Å². The molecular weight excluding hydrogens is 557 g/mol. The lowest BCUT2D eigenvalue weighted by molar-refractivity contribution is 0.590. The van der Waals surface area contributed by atoms with Crippen LogP contribution in [0.4, 0.5) is 0 Å². The highest BCUT2D eigenvalue weighted by atomic mass is 28.3. The quantitative estimate of drug-likeness (QED) is 0.198. The topological polar surface area (TPSA) is 0 Å². The van der Waals surface area contributed by atoms with Gasteiger partial charge in [-0.3, -0.25) is 0 Å². The van der Waals surface area contributed by atoms with Gasteiger partial charge < -0.3 is 0 Å². The zero-order chi connectivity index (χ0) is 32.5. The number of allylic oxidation sites excluding steroid dienone is 2. The Labute approximate surface area is 274 Å². The predicted molar refractivity (Wildman–Crippen MR) is 201 cm³/mol. The maximum absolute atomic E-state index is 2.66. The predicted octanol–water partition coefficient (Wildman–Crippen LogP) is 12.7. The van der Waals surface area contributed by atoms with Crippen molar-refractivity contribution in [2.75, 3.05) is 0 Å². The molecule has 0 saturated heterocycles. The van der Waals surface area contributed by atoms with Crippen LogP contribution in [-0.4, -0.2) is 8.07 Å². The van der Waals surface area contributed by atoms with E-state index in [0.29, 0.717) is 17.0 Å². The van der Waals surface area contributed by atoms with Gasteiger partial charge in [0.2, 0.25) is 0 Å². The second-order valence-electron chi connectivity index (χ2n) is 16.6. The summed E-state index contributed by atoms with van der Waals surface area (Å²) in [4.78, 5) is 0. The molecule has 0 heterocycles. The van der Waals surface area contributed by atoms with Crippen LogP contribution in [0.2, 0.25) is 13.1 Å². The number of hydrogen-bond donors (Lipinski definition) is 0. The Bertz CT molecular complexity index is 1800. The van der Waals surface area contributed by atoms with Crippen LogP contribution in [0, 0.1) is 5.92 Å². The minimum atomic E-state index is -1.98. The number of benzene rings is 4. The number of rotatable bonds is 5. The van der Waals surface area contributed by atoms with Crippen LogP contribution >= 0.6 is 0 Å². The molecule has 0 bridgehead atoms. The Balaban J connectivity index is 1.42. The second-order valence-corrected chi connectivity index (χ2v) is 21.4. The average Bonchev–Trinajstić information content (AvgIpc) is 3.55. The molecule has 0 N–H and O–H groups in total. The minimum absolute atomic E-state index is 0.154. The molecule has 0 radical (unpaired) electrons. The van der Waals surface area contributed by atoms with Crippen LogP contribution in [0.15, 0.2) is 96.1 Å². The van der Waals surface area contributed by atoms with Gasteiger partial charge >= 0.3 is 0 Å². The first-order valence-electron chi connectivity index (χ1n) is 17.0. The first-order chi connectivity index (χ1) is 21.1. The lowest BCUT2D eigenvalue weighted by Crippen LogP contribution is -2.43. The maximum atomic E-state index is 2.66. The molecule has 2 unspecified atom stereocenters. The van der Waals surface area contributed by atoms with E-state index in [9.17, 15) is 0 Å². The van der Waals surface area contributed by atoms with Gasteiger partial charge in [0, 0.05) is 11.1 Å². The molecule has 1 heteroatoms. The molecule has 0 aliphatic heterocycles. The summed E-state index contributed by atoms with van der Waals surface area (Å²) in [5, 5.41) is 0. The standard InChI is InChI=1S/C44H52Si/c1-28(2)38-27-40-35(31-20-24-33(25-21-31)44(7,8)9)15-13-17-37(40)42(38)45(10,11)41-29(3)26-39-34(14-12-16-36(39)41)30-18-22-32(23-19-30)43(4,5)6/h12-28,41-42H,1-11H3. The Morgan fingerprint density at radius 1 is 0.556 bits per heavy atom. The molecule has 0 aromatic heterocycles. The summed E-state index contributed by atoms with van der Waals surface area (Å²) in [5.41, 5.74) is 18.5. The van der Waals surface area contributed by atoms with E-state index in [1.54, 1.807) is 11.1 Å². The van der Waals surface area contributed by atoms with Crippen LogP contribution in [-0.2, 0) is 10.8 Å². The van der Waals surface area contributed by atoms with E-state index in [1.165, 1.54) is 55.6 Å². The second kappa shape index (κ2) is 11.1. The van der Waals surface area contributed by atoms with Crippen molar-refractivity contribution in [3.8, 4) is 22.3 Å². The Morgan fingerprint density at radius 3 is 1.40 bits per heavy atom. The van der Waals surface area contributed by atoms with Crippen molar-refractivity contribution in [1.29, 1.82) is 0 Å². The fraction of sp³-hybridized carbons (Fsp3) is 0.364. The lowest BCUT2D eigenvalue weighted by Gasteiger charge is -2.40. The molecular formula is C44H52Si. The van der Waals surface area contributed by atoms with Crippen molar-refractivity contribution in [2.24, 2.45) is 5.92 Å². The summed E-state index contributed by atoms with van der Waals surface area (Å²) in [6.07, 6.45) is 5.10. The largest absolute Gasteiger partial charge is 0.0722 e. The van der Waals surface area contributed by atoms with E-state index < -0.39 is 8.07 Å². The van der Waals surface area contributed by atoms with E-state index in [0.717, 1.165) is 0 Å². The van der Waals surface area contributed by atoms with Gasteiger partial charge in [-0.25, -0.2) is 0 Å². The van der Waals surface area contributed by atoms with Gasteiger partial charge in [-0.2, -0.15) is 0 Å². The molecule has 45 heavy (non-hydrogen) atoms. The van der Waals surface area contributed by atoms with E-state index >= 15 is 0 Å². The summed E-state index contributed by atoms with van der Waals surface area (Å²) in [6, 6.07) is 32.8. The summed E-state index contributed by atoms with van der Waals surface area (Å²) >= 11 is 0. The molecule has 6 rings (SSSR count). The minimum Gasteiger partial charge on any atom is -0.0679 e. The Hall–Kier alpha value is -3.42. The SMILES string of the molecule is CC1=Cc2c(-c3ccc(C(C)(C)C)cc3)cccc2C1[Si](C)(C)C1C(C(C)C)=Cc2c(-c3ccc(C(C)(C)C)cc3)cccc21. The normalized spacial score (nSPS) is 18.1. The number of fused-ring (bicyclic) bond motifs is 2. The van der Waals surface area contributed by atoms with E-state index in [1.807, 2.05) is 0 Å². The van der Waals surface area contributed by atoms with Gasteiger partial charge in [0.25, 0.3) is 0 Å². The first-order valence-corrected chi connectivity index (χ1v) is 20.1. The molecule has 0 amide bonds.